The lowest BCUT2D eigenvalue weighted by atomic mass is 10.1. The topological polar surface area (TPSA) is 91.1 Å². The van der Waals surface area contributed by atoms with Gasteiger partial charge in [-0.25, -0.2) is 0 Å². The van der Waals surface area contributed by atoms with Gasteiger partial charge in [-0.2, -0.15) is 0 Å². The summed E-state index contributed by atoms with van der Waals surface area (Å²) in [6, 6.07) is 8.71. The Hall–Kier alpha value is -2.30. The van der Waals surface area contributed by atoms with E-state index in [0.717, 1.165) is 5.39 Å². The van der Waals surface area contributed by atoms with Gasteiger partial charge in [0.05, 0.1) is 0 Å². The van der Waals surface area contributed by atoms with Gasteiger partial charge in [-0.15, -0.1) is 0 Å². The Balaban J connectivity index is 2.76. The summed E-state index contributed by atoms with van der Waals surface area (Å²) in [5.41, 5.74) is 10.4. The second-order valence-corrected chi connectivity index (χ2v) is 3.51. The van der Waals surface area contributed by atoms with Crippen LogP contribution in [0.2, 0.25) is 0 Å². The molecule has 1 amide bonds. The van der Waals surface area contributed by atoms with Crippen molar-refractivity contribution in [2.75, 3.05) is 5.73 Å². The summed E-state index contributed by atoms with van der Waals surface area (Å²) in [4.78, 5) is 22.8. The molecule has 5 heteroatoms. The number of carbonyl (C=O) groups excluding carboxylic acids is 1. The molecule has 82 valence electrons. The van der Waals surface area contributed by atoms with Gasteiger partial charge < -0.3 is 11.5 Å². The van der Waals surface area contributed by atoms with Gasteiger partial charge >= 0.3 is 0 Å². The molecule has 0 aliphatic rings. The Morgan fingerprint density at radius 1 is 1.31 bits per heavy atom. The minimum atomic E-state index is -0.593. The number of amides is 1. The maximum absolute atomic E-state index is 12.0. The number of benzene rings is 1. The van der Waals surface area contributed by atoms with Crippen LogP contribution < -0.4 is 17.0 Å². The van der Waals surface area contributed by atoms with Crippen LogP contribution in [0.1, 0.15) is 0 Å². The standard InChI is InChI=1S/C11H11N3O2/c12-9-5-7-3-1-2-4-8(7)11(16)14(9)6-10(13)15/h1-5H,6,12H2,(H2,13,15). The van der Waals surface area contributed by atoms with Crippen molar-refractivity contribution in [2.24, 2.45) is 5.73 Å². The zero-order chi connectivity index (χ0) is 11.7. The normalized spacial score (nSPS) is 10.5. The first kappa shape index (κ1) is 10.2. The van der Waals surface area contributed by atoms with E-state index in [0.29, 0.717) is 5.39 Å². The summed E-state index contributed by atoms with van der Waals surface area (Å²) in [6.45, 7) is -0.199. The number of anilines is 1. The Labute approximate surface area is 91.3 Å². The van der Waals surface area contributed by atoms with Crippen molar-refractivity contribution >= 4 is 22.5 Å². The highest BCUT2D eigenvalue weighted by Gasteiger charge is 2.08. The van der Waals surface area contributed by atoms with Crippen LogP contribution in [0.15, 0.2) is 35.1 Å². The monoisotopic (exact) mass is 217 g/mol. The van der Waals surface area contributed by atoms with Gasteiger partial charge in [0, 0.05) is 5.39 Å². The largest absolute Gasteiger partial charge is 0.385 e. The molecule has 1 heterocycles. The van der Waals surface area contributed by atoms with Gasteiger partial charge in [0.2, 0.25) is 5.91 Å². The molecule has 0 saturated carbocycles. The predicted molar refractivity (Wildman–Crippen MR) is 61.8 cm³/mol. The first-order valence-electron chi connectivity index (χ1n) is 4.76. The minimum absolute atomic E-state index is 0.199. The Morgan fingerprint density at radius 2 is 2.00 bits per heavy atom. The van der Waals surface area contributed by atoms with Gasteiger partial charge in [0.15, 0.2) is 0 Å². The molecule has 0 spiro atoms. The number of fused-ring (bicyclic) bond motifs is 1. The smallest absolute Gasteiger partial charge is 0.260 e. The number of nitrogen functional groups attached to an aromatic ring is 1. The number of hydrogen-bond donors (Lipinski definition) is 2. The van der Waals surface area contributed by atoms with E-state index in [4.69, 9.17) is 11.5 Å². The van der Waals surface area contributed by atoms with Crippen molar-refractivity contribution in [2.45, 2.75) is 6.54 Å². The van der Waals surface area contributed by atoms with E-state index in [2.05, 4.69) is 0 Å². The van der Waals surface area contributed by atoms with Crippen LogP contribution in [0.5, 0.6) is 0 Å². The summed E-state index contributed by atoms with van der Waals surface area (Å²) in [5, 5.41) is 1.28. The highest BCUT2D eigenvalue weighted by atomic mass is 16.2. The van der Waals surface area contributed by atoms with Crippen molar-refractivity contribution in [3.63, 3.8) is 0 Å². The van der Waals surface area contributed by atoms with E-state index in [-0.39, 0.29) is 17.9 Å². The van der Waals surface area contributed by atoms with Crippen LogP contribution in [0.3, 0.4) is 0 Å². The zero-order valence-corrected chi connectivity index (χ0v) is 8.51. The predicted octanol–water partition coefficient (Wildman–Crippen LogP) is 0.0690. The molecule has 2 rings (SSSR count). The number of nitrogens with zero attached hydrogens (tertiary/aromatic N) is 1. The number of pyridine rings is 1. The highest BCUT2D eigenvalue weighted by Crippen LogP contribution is 2.12. The van der Waals surface area contributed by atoms with Gasteiger partial charge in [-0.05, 0) is 17.5 Å². The fourth-order valence-corrected chi connectivity index (χ4v) is 1.64. The summed E-state index contributed by atoms with van der Waals surface area (Å²) >= 11 is 0. The molecule has 0 bridgehead atoms. The van der Waals surface area contributed by atoms with Gasteiger partial charge in [-0.1, -0.05) is 18.2 Å². The average Bonchev–Trinajstić information content (AvgIpc) is 2.24. The molecule has 0 saturated heterocycles. The minimum Gasteiger partial charge on any atom is -0.385 e. The summed E-state index contributed by atoms with van der Waals surface area (Å²) in [5.74, 6) is -0.355. The third kappa shape index (κ3) is 1.63. The number of hydrogen-bond acceptors (Lipinski definition) is 3. The molecule has 0 fully saturated rings. The molecule has 1 aromatic heterocycles. The third-order valence-electron chi connectivity index (χ3n) is 2.37. The lowest BCUT2D eigenvalue weighted by Gasteiger charge is -2.08. The SMILES string of the molecule is NC(=O)Cn1c(N)cc2ccccc2c1=O. The average molecular weight is 217 g/mol. The van der Waals surface area contributed by atoms with Crippen molar-refractivity contribution < 1.29 is 4.79 Å². The Morgan fingerprint density at radius 3 is 2.69 bits per heavy atom. The van der Waals surface area contributed by atoms with E-state index >= 15 is 0 Å². The molecule has 0 radical (unpaired) electrons. The maximum Gasteiger partial charge on any atom is 0.260 e. The van der Waals surface area contributed by atoms with Crippen LogP contribution in [0.25, 0.3) is 10.8 Å². The summed E-state index contributed by atoms with van der Waals surface area (Å²) in [6.07, 6.45) is 0. The molecular formula is C11H11N3O2. The first-order valence-corrected chi connectivity index (χ1v) is 4.76. The van der Waals surface area contributed by atoms with Crippen LogP contribution in [-0.2, 0) is 11.3 Å². The van der Waals surface area contributed by atoms with Crippen LogP contribution in [0, 0.1) is 0 Å². The highest BCUT2D eigenvalue weighted by molar-refractivity contribution is 5.84. The molecule has 0 unspecified atom stereocenters. The molecule has 0 aliphatic carbocycles. The van der Waals surface area contributed by atoms with Crippen molar-refractivity contribution in [1.29, 1.82) is 0 Å². The zero-order valence-electron chi connectivity index (χ0n) is 8.51. The molecule has 16 heavy (non-hydrogen) atoms. The summed E-state index contributed by atoms with van der Waals surface area (Å²) < 4.78 is 1.17. The molecule has 4 N–H and O–H groups in total. The Bertz CT molecular complexity index is 616. The fourth-order valence-electron chi connectivity index (χ4n) is 1.64. The Kier molecular flexibility index (Phi) is 2.36. The maximum atomic E-state index is 12.0. The van der Waals surface area contributed by atoms with Crippen molar-refractivity contribution in [1.82, 2.24) is 4.57 Å². The second kappa shape index (κ2) is 3.69. The van der Waals surface area contributed by atoms with Crippen molar-refractivity contribution in [3.8, 4) is 0 Å². The van der Waals surface area contributed by atoms with E-state index in [9.17, 15) is 9.59 Å². The van der Waals surface area contributed by atoms with Gasteiger partial charge in [0.1, 0.15) is 12.4 Å². The summed E-state index contributed by atoms with van der Waals surface area (Å²) in [7, 11) is 0. The first-order chi connectivity index (χ1) is 7.59. The van der Waals surface area contributed by atoms with Gasteiger partial charge in [0.25, 0.3) is 5.56 Å². The molecular weight excluding hydrogens is 206 g/mol. The number of carbonyl (C=O) groups is 1. The molecule has 2 aromatic rings. The lowest BCUT2D eigenvalue weighted by molar-refractivity contribution is -0.118. The van der Waals surface area contributed by atoms with E-state index in [1.807, 2.05) is 6.07 Å². The number of rotatable bonds is 2. The third-order valence-corrected chi connectivity index (χ3v) is 2.37. The molecule has 0 atom stereocenters. The number of aromatic nitrogens is 1. The second-order valence-electron chi connectivity index (χ2n) is 3.51. The molecule has 0 aliphatic heterocycles. The quantitative estimate of drug-likeness (QED) is 0.745. The van der Waals surface area contributed by atoms with Crippen molar-refractivity contribution in [3.05, 3.63) is 40.7 Å². The van der Waals surface area contributed by atoms with Crippen LogP contribution in [0.4, 0.5) is 5.82 Å². The van der Waals surface area contributed by atoms with E-state index in [1.165, 1.54) is 4.57 Å². The molecule has 1 aromatic carbocycles. The lowest BCUT2D eigenvalue weighted by Crippen LogP contribution is -2.29. The van der Waals surface area contributed by atoms with Crippen LogP contribution in [-0.4, -0.2) is 10.5 Å². The number of primary amides is 1. The van der Waals surface area contributed by atoms with E-state index in [1.54, 1.807) is 24.3 Å². The van der Waals surface area contributed by atoms with Gasteiger partial charge in [-0.3, -0.25) is 14.2 Å². The van der Waals surface area contributed by atoms with E-state index < -0.39 is 5.91 Å². The number of nitrogens with two attached hydrogens (primary N) is 2. The van der Waals surface area contributed by atoms with Crippen LogP contribution >= 0.6 is 0 Å². The molecule has 5 nitrogen and oxygen atoms in total. The fraction of sp³-hybridized carbons (Fsp3) is 0.0909.